The van der Waals surface area contributed by atoms with Gasteiger partial charge in [0.15, 0.2) is 0 Å². The second kappa shape index (κ2) is 7.45. The first-order valence-corrected chi connectivity index (χ1v) is 6.18. The molecule has 0 radical (unpaired) electrons. The van der Waals surface area contributed by atoms with Crippen LogP contribution in [0.15, 0.2) is 18.2 Å². The molecule has 4 nitrogen and oxygen atoms in total. The molecule has 0 unspecified atom stereocenters. The predicted octanol–water partition coefficient (Wildman–Crippen LogP) is 3.17. The zero-order chi connectivity index (χ0) is 14.3. The molecule has 1 aromatic carbocycles. The molecule has 0 heterocycles. The Bertz CT molecular complexity index is 520. The molecule has 0 spiro atoms. The minimum Gasteiger partial charge on any atom is -0.478 e. The molecule has 1 amide bonds. The molecule has 0 aliphatic heterocycles. The second-order valence-electron chi connectivity index (χ2n) is 3.96. The minimum atomic E-state index is -1.10. The molecule has 0 aromatic heterocycles. The molecule has 0 saturated heterocycles. The van der Waals surface area contributed by atoms with Gasteiger partial charge in [-0.15, -0.1) is 12.3 Å². The number of anilines is 1. The summed E-state index contributed by atoms with van der Waals surface area (Å²) in [6, 6.07) is 4.29. The molecule has 1 aromatic rings. The fourth-order valence-electron chi connectivity index (χ4n) is 1.50. The third-order valence-electron chi connectivity index (χ3n) is 2.46. The first kappa shape index (κ1) is 15.1. The van der Waals surface area contributed by atoms with Crippen LogP contribution in [-0.4, -0.2) is 17.0 Å². The molecule has 0 aliphatic carbocycles. The first-order chi connectivity index (χ1) is 9.04. The van der Waals surface area contributed by atoms with E-state index in [9.17, 15) is 9.59 Å². The highest BCUT2D eigenvalue weighted by molar-refractivity contribution is 6.33. The smallest absolute Gasteiger partial charge is 0.337 e. The Morgan fingerprint density at radius 3 is 2.68 bits per heavy atom. The normalized spacial score (nSPS) is 9.68. The van der Waals surface area contributed by atoms with Crippen LogP contribution in [0.5, 0.6) is 0 Å². The topological polar surface area (TPSA) is 66.4 Å². The number of halogens is 1. The van der Waals surface area contributed by atoms with E-state index in [2.05, 4.69) is 11.2 Å². The van der Waals surface area contributed by atoms with Crippen molar-refractivity contribution in [2.24, 2.45) is 0 Å². The van der Waals surface area contributed by atoms with Crippen LogP contribution < -0.4 is 5.32 Å². The summed E-state index contributed by atoms with van der Waals surface area (Å²) >= 11 is 5.80. The Hall–Kier alpha value is -1.99. The summed E-state index contributed by atoms with van der Waals surface area (Å²) in [6.07, 6.45) is 7.67. The lowest BCUT2D eigenvalue weighted by Gasteiger charge is -2.06. The maximum Gasteiger partial charge on any atom is 0.337 e. The van der Waals surface area contributed by atoms with Crippen molar-refractivity contribution in [3.8, 4) is 12.3 Å². The van der Waals surface area contributed by atoms with Gasteiger partial charge in [0.05, 0.1) is 10.6 Å². The zero-order valence-corrected chi connectivity index (χ0v) is 11.0. The van der Waals surface area contributed by atoms with Crippen molar-refractivity contribution in [1.82, 2.24) is 0 Å². The molecule has 0 atom stereocenters. The van der Waals surface area contributed by atoms with Gasteiger partial charge in [-0.05, 0) is 31.0 Å². The minimum absolute atomic E-state index is 0.00804. The molecule has 0 aliphatic rings. The molecular formula is C14H14ClNO3. The van der Waals surface area contributed by atoms with Gasteiger partial charge in [-0.25, -0.2) is 4.79 Å². The lowest BCUT2D eigenvalue weighted by Crippen LogP contribution is -2.11. The van der Waals surface area contributed by atoms with E-state index in [1.165, 1.54) is 18.2 Å². The van der Waals surface area contributed by atoms with E-state index in [0.717, 1.165) is 12.8 Å². The van der Waals surface area contributed by atoms with Crippen molar-refractivity contribution >= 4 is 29.2 Å². The number of hydrogen-bond donors (Lipinski definition) is 2. The highest BCUT2D eigenvalue weighted by atomic mass is 35.5. The monoisotopic (exact) mass is 279 g/mol. The van der Waals surface area contributed by atoms with Crippen molar-refractivity contribution < 1.29 is 14.7 Å². The average Bonchev–Trinajstić information content (AvgIpc) is 2.34. The van der Waals surface area contributed by atoms with E-state index in [-0.39, 0.29) is 16.5 Å². The van der Waals surface area contributed by atoms with E-state index in [4.69, 9.17) is 23.1 Å². The van der Waals surface area contributed by atoms with E-state index < -0.39 is 5.97 Å². The SMILES string of the molecule is C#CCCCCC(=O)Nc1ccc(C(=O)O)c(Cl)c1. The van der Waals surface area contributed by atoms with E-state index in [0.29, 0.717) is 18.5 Å². The average molecular weight is 280 g/mol. The molecule has 100 valence electrons. The van der Waals surface area contributed by atoms with Crippen LogP contribution in [0.3, 0.4) is 0 Å². The summed E-state index contributed by atoms with van der Waals surface area (Å²) in [5, 5.41) is 11.6. The zero-order valence-electron chi connectivity index (χ0n) is 10.3. The number of hydrogen-bond acceptors (Lipinski definition) is 2. The van der Waals surface area contributed by atoms with Gasteiger partial charge in [-0.3, -0.25) is 4.79 Å². The third-order valence-corrected chi connectivity index (χ3v) is 2.77. The number of unbranched alkanes of at least 4 members (excludes halogenated alkanes) is 2. The summed E-state index contributed by atoms with van der Waals surface area (Å²) in [6.45, 7) is 0. The summed E-state index contributed by atoms with van der Waals surface area (Å²) in [4.78, 5) is 22.4. The first-order valence-electron chi connectivity index (χ1n) is 5.80. The number of carboxylic acids is 1. The van der Waals surface area contributed by atoms with Crippen molar-refractivity contribution in [3.05, 3.63) is 28.8 Å². The number of rotatable bonds is 6. The Morgan fingerprint density at radius 2 is 2.11 bits per heavy atom. The van der Waals surface area contributed by atoms with Crippen LogP contribution in [-0.2, 0) is 4.79 Å². The maximum atomic E-state index is 11.6. The Labute approximate surface area is 116 Å². The number of nitrogens with one attached hydrogen (secondary N) is 1. The quantitative estimate of drug-likeness (QED) is 0.621. The summed E-state index contributed by atoms with van der Waals surface area (Å²) in [7, 11) is 0. The predicted molar refractivity (Wildman–Crippen MR) is 74.3 cm³/mol. The number of carbonyl (C=O) groups is 2. The van der Waals surface area contributed by atoms with E-state index in [1.807, 2.05) is 0 Å². The standard InChI is InChI=1S/C14H14ClNO3/c1-2-3-4-5-6-13(17)16-10-7-8-11(14(18)19)12(15)9-10/h1,7-9H,3-6H2,(H,16,17)(H,18,19). The van der Waals surface area contributed by atoms with Crippen LogP contribution in [0.25, 0.3) is 0 Å². The molecule has 5 heteroatoms. The summed E-state index contributed by atoms with van der Waals surface area (Å²) in [5.74, 6) is 1.27. The molecule has 0 bridgehead atoms. The van der Waals surface area contributed by atoms with Crippen LogP contribution in [0.1, 0.15) is 36.0 Å². The summed E-state index contributed by atoms with van der Waals surface area (Å²) in [5.41, 5.74) is 0.491. The highest BCUT2D eigenvalue weighted by Gasteiger charge is 2.10. The van der Waals surface area contributed by atoms with Gasteiger partial charge in [-0.2, -0.15) is 0 Å². The molecule has 0 saturated carbocycles. The number of carbonyl (C=O) groups excluding carboxylic acids is 1. The fraction of sp³-hybridized carbons (Fsp3) is 0.286. The number of carboxylic acid groups (broad SMARTS) is 1. The molecular weight excluding hydrogens is 266 g/mol. The number of terminal acetylenes is 1. The number of benzene rings is 1. The van der Waals surface area contributed by atoms with Gasteiger partial charge in [0.25, 0.3) is 0 Å². The maximum absolute atomic E-state index is 11.6. The Kier molecular flexibility index (Phi) is 5.91. The second-order valence-corrected chi connectivity index (χ2v) is 4.37. The molecule has 1 rings (SSSR count). The lowest BCUT2D eigenvalue weighted by atomic mass is 10.1. The van der Waals surface area contributed by atoms with Crippen molar-refractivity contribution in [3.63, 3.8) is 0 Å². The van der Waals surface area contributed by atoms with E-state index in [1.54, 1.807) is 0 Å². The van der Waals surface area contributed by atoms with E-state index >= 15 is 0 Å². The van der Waals surface area contributed by atoms with Gasteiger partial charge < -0.3 is 10.4 Å². The van der Waals surface area contributed by atoms with Crippen molar-refractivity contribution in [2.75, 3.05) is 5.32 Å². The van der Waals surface area contributed by atoms with Crippen LogP contribution in [0, 0.1) is 12.3 Å². The molecule has 19 heavy (non-hydrogen) atoms. The van der Waals surface area contributed by atoms with Crippen molar-refractivity contribution in [2.45, 2.75) is 25.7 Å². The van der Waals surface area contributed by atoms with Gasteiger partial charge >= 0.3 is 5.97 Å². The summed E-state index contributed by atoms with van der Waals surface area (Å²) < 4.78 is 0. The van der Waals surface area contributed by atoms with Gasteiger partial charge in [-0.1, -0.05) is 11.6 Å². The number of amides is 1. The van der Waals surface area contributed by atoms with Gasteiger partial charge in [0.2, 0.25) is 5.91 Å². The molecule has 0 fully saturated rings. The van der Waals surface area contributed by atoms with Crippen LogP contribution in [0.4, 0.5) is 5.69 Å². The molecule has 2 N–H and O–H groups in total. The van der Waals surface area contributed by atoms with Gasteiger partial charge in [0.1, 0.15) is 0 Å². The lowest BCUT2D eigenvalue weighted by molar-refractivity contribution is -0.116. The number of aromatic carboxylic acids is 1. The van der Waals surface area contributed by atoms with Crippen molar-refractivity contribution in [1.29, 1.82) is 0 Å². The van der Waals surface area contributed by atoms with Crippen LogP contribution >= 0.6 is 11.6 Å². The Balaban J connectivity index is 2.54. The third kappa shape index (κ3) is 5.02. The van der Waals surface area contributed by atoms with Gasteiger partial charge in [0, 0.05) is 18.5 Å². The Morgan fingerprint density at radius 1 is 1.37 bits per heavy atom. The van der Waals surface area contributed by atoms with Crippen LogP contribution in [0.2, 0.25) is 5.02 Å². The largest absolute Gasteiger partial charge is 0.478 e. The highest BCUT2D eigenvalue weighted by Crippen LogP contribution is 2.21. The fourth-order valence-corrected chi connectivity index (χ4v) is 1.76.